The summed E-state index contributed by atoms with van der Waals surface area (Å²) in [6.45, 7) is 3.58. The van der Waals surface area contributed by atoms with Crippen LogP contribution < -0.4 is 5.32 Å². The van der Waals surface area contributed by atoms with Crippen molar-refractivity contribution < 1.29 is 4.79 Å². The second kappa shape index (κ2) is 7.73. The average Bonchev–Trinajstić information content (AvgIpc) is 3.31. The van der Waals surface area contributed by atoms with Gasteiger partial charge in [-0.15, -0.1) is 0 Å². The molecule has 4 rings (SSSR count). The van der Waals surface area contributed by atoms with Gasteiger partial charge in [-0.3, -0.25) is 4.79 Å². The summed E-state index contributed by atoms with van der Waals surface area (Å²) in [5, 5.41) is 7.91. The third kappa shape index (κ3) is 3.77. The molecule has 27 heavy (non-hydrogen) atoms. The highest BCUT2D eigenvalue weighted by Crippen LogP contribution is 2.24. The van der Waals surface area contributed by atoms with Crippen molar-refractivity contribution in [3.8, 4) is 0 Å². The number of nitrogens with zero attached hydrogens (tertiary/aromatic N) is 5. The summed E-state index contributed by atoms with van der Waals surface area (Å²) in [5.41, 5.74) is 2.13. The van der Waals surface area contributed by atoms with Crippen LogP contribution in [-0.4, -0.2) is 43.5 Å². The molecule has 7 nitrogen and oxygen atoms in total. The minimum Gasteiger partial charge on any atom is -0.361 e. The molecule has 1 unspecified atom stereocenters. The zero-order valence-corrected chi connectivity index (χ0v) is 15.5. The maximum absolute atomic E-state index is 12.2. The molecule has 1 amide bonds. The van der Waals surface area contributed by atoms with Gasteiger partial charge in [-0.2, -0.15) is 14.6 Å². The Hall–Kier alpha value is -2.96. The van der Waals surface area contributed by atoms with Gasteiger partial charge in [0, 0.05) is 31.3 Å². The molecule has 1 atom stereocenters. The molecule has 1 fully saturated rings. The highest BCUT2D eigenvalue weighted by Gasteiger charge is 2.25. The zero-order chi connectivity index (χ0) is 18.6. The quantitative estimate of drug-likeness (QED) is 0.698. The number of likely N-dealkylation sites (tertiary alicyclic amines) is 1. The molecule has 1 saturated heterocycles. The van der Waals surface area contributed by atoms with E-state index in [2.05, 4.69) is 39.4 Å². The number of anilines is 1. The predicted octanol–water partition coefficient (Wildman–Crippen LogP) is 2.85. The van der Waals surface area contributed by atoms with E-state index in [-0.39, 0.29) is 11.9 Å². The summed E-state index contributed by atoms with van der Waals surface area (Å²) in [6, 6.07) is 12.2. The number of nitrogens with one attached hydrogen (secondary N) is 1. The first-order valence-electron chi connectivity index (χ1n) is 9.53. The molecule has 1 N–H and O–H groups in total. The Morgan fingerprint density at radius 2 is 2.11 bits per heavy atom. The van der Waals surface area contributed by atoms with Gasteiger partial charge >= 0.3 is 0 Å². The molecule has 140 valence electrons. The number of rotatable bonds is 7. The first kappa shape index (κ1) is 17.5. The van der Waals surface area contributed by atoms with Crippen molar-refractivity contribution in [2.24, 2.45) is 0 Å². The largest absolute Gasteiger partial charge is 0.361 e. The van der Waals surface area contributed by atoms with E-state index in [4.69, 9.17) is 0 Å². The summed E-state index contributed by atoms with van der Waals surface area (Å²) in [4.78, 5) is 22.9. The second-order valence-electron chi connectivity index (χ2n) is 6.91. The van der Waals surface area contributed by atoms with Crippen LogP contribution in [0.3, 0.4) is 0 Å². The third-order valence-corrected chi connectivity index (χ3v) is 4.91. The van der Waals surface area contributed by atoms with Gasteiger partial charge < -0.3 is 10.2 Å². The summed E-state index contributed by atoms with van der Waals surface area (Å²) in [5.74, 6) is 1.67. The Bertz CT molecular complexity index is 923. The molecule has 0 bridgehead atoms. The van der Waals surface area contributed by atoms with Crippen LogP contribution in [-0.2, 0) is 11.2 Å². The molecule has 3 aromatic rings. The molecule has 0 spiro atoms. The molecule has 7 heteroatoms. The highest BCUT2D eigenvalue weighted by molar-refractivity contribution is 5.78. The van der Waals surface area contributed by atoms with Gasteiger partial charge in [0.25, 0.3) is 5.78 Å². The van der Waals surface area contributed by atoms with E-state index < -0.39 is 0 Å². The Balaban J connectivity index is 1.67. The predicted molar refractivity (Wildman–Crippen MR) is 103 cm³/mol. The van der Waals surface area contributed by atoms with Gasteiger partial charge in [0.1, 0.15) is 12.1 Å². The van der Waals surface area contributed by atoms with Crippen molar-refractivity contribution in [1.29, 1.82) is 0 Å². The fourth-order valence-electron chi connectivity index (χ4n) is 3.56. The minimum atomic E-state index is -0.0301. The molecule has 0 radical (unpaired) electrons. The molecule has 1 aliphatic rings. The van der Waals surface area contributed by atoms with E-state index in [0.29, 0.717) is 18.7 Å². The first-order chi connectivity index (χ1) is 13.2. The average molecular weight is 364 g/mol. The third-order valence-electron chi connectivity index (χ3n) is 4.91. The Morgan fingerprint density at radius 1 is 1.26 bits per heavy atom. The van der Waals surface area contributed by atoms with Gasteiger partial charge in [-0.25, -0.2) is 4.98 Å². The second-order valence-corrected chi connectivity index (χ2v) is 6.91. The van der Waals surface area contributed by atoms with Crippen LogP contribution in [0.5, 0.6) is 0 Å². The van der Waals surface area contributed by atoms with E-state index in [1.165, 1.54) is 6.33 Å². The molecule has 0 saturated carbocycles. The lowest BCUT2D eigenvalue weighted by Gasteiger charge is -2.26. The van der Waals surface area contributed by atoms with E-state index in [0.717, 1.165) is 42.9 Å². The minimum absolute atomic E-state index is 0.0301. The van der Waals surface area contributed by atoms with Crippen LogP contribution in [0.25, 0.3) is 5.78 Å². The monoisotopic (exact) mass is 364 g/mol. The van der Waals surface area contributed by atoms with Crippen molar-refractivity contribution in [3.63, 3.8) is 0 Å². The smallest absolute Gasteiger partial charge is 0.254 e. The number of aryl methyl sites for hydroxylation is 1. The number of hydrogen-bond acceptors (Lipinski definition) is 5. The summed E-state index contributed by atoms with van der Waals surface area (Å²) < 4.78 is 1.72. The van der Waals surface area contributed by atoms with Crippen molar-refractivity contribution in [2.75, 3.05) is 18.4 Å². The molecular weight excluding hydrogens is 340 g/mol. The lowest BCUT2D eigenvalue weighted by atomic mass is 10.1. The van der Waals surface area contributed by atoms with Crippen molar-refractivity contribution >= 4 is 17.5 Å². The van der Waals surface area contributed by atoms with Crippen LogP contribution in [0.1, 0.15) is 43.5 Å². The molecule has 0 aliphatic carbocycles. The van der Waals surface area contributed by atoms with Crippen molar-refractivity contribution in [1.82, 2.24) is 24.5 Å². The summed E-state index contributed by atoms with van der Waals surface area (Å²) >= 11 is 0. The lowest BCUT2D eigenvalue weighted by Crippen LogP contribution is -2.33. The summed E-state index contributed by atoms with van der Waals surface area (Å²) in [6.07, 6.45) is 5.00. The van der Waals surface area contributed by atoms with Crippen LogP contribution in [0.15, 0.2) is 42.7 Å². The molecule has 1 aliphatic heterocycles. The van der Waals surface area contributed by atoms with Crippen LogP contribution in [0, 0.1) is 0 Å². The summed E-state index contributed by atoms with van der Waals surface area (Å²) in [7, 11) is 0. The fraction of sp³-hybridized carbons (Fsp3) is 0.400. The van der Waals surface area contributed by atoms with E-state index in [1.54, 1.807) is 4.52 Å². The van der Waals surface area contributed by atoms with E-state index in [1.807, 2.05) is 29.2 Å². The van der Waals surface area contributed by atoms with E-state index in [9.17, 15) is 4.79 Å². The number of aromatic nitrogens is 4. The number of amides is 1. The number of fused-ring (bicyclic) bond motifs is 1. The first-order valence-corrected chi connectivity index (χ1v) is 9.53. The number of hydrogen-bond donors (Lipinski definition) is 1. The van der Waals surface area contributed by atoms with E-state index >= 15 is 0 Å². The van der Waals surface area contributed by atoms with Crippen molar-refractivity contribution in [3.05, 3.63) is 54.0 Å². The van der Waals surface area contributed by atoms with Crippen molar-refractivity contribution in [2.45, 2.75) is 38.6 Å². The number of benzene rings is 1. The molecule has 3 heterocycles. The van der Waals surface area contributed by atoms with Gasteiger partial charge in [0.15, 0.2) is 0 Å². The maximum atomic E-state index is 12.2. The Kier molecular flexibility index (Phi) is 5.00. The van der Waals surface area contributed by atoms with Crippen LogP contribution in [0.4, 0.5) is 5.82 Å². The molecular formula is C20H24N6O. The SMILES string of the molecule is CCCc1cc(NC(CN2CCCC2=O)c2ccccc2)n2ncnc2n1. The number of carbonyl (C=O) groups is 1. The fourth-order valence-corrected chi connectivity index (χ4v) is 3.56. The lowest BCUT2D eigenvalue weighted by molar-refractivity contribution is -0.127. The standard InChI is InChI=1S/C20H24N6O/c1-2-7-16-12-18(26-20(23-16)21-14-22-26)24-17(15-8-4-3-5-9-15)13-25-11-6-10-19(25)27/h3-5,8-9,12,14,17,24H,2,6-7,10-11,13H2,1H3. The van der Waals surface area contributed by atoms with Crippen LogP contribution >= 0.6 is 0 Å². The van der Waals surface area contributed by atoms with Gasteiger partial charge in [-0.1, -0.05) is 43.7 Å². The highest BCUT2D eigenvalue weighted by atomic mass is 16.2. The number of carbonyl (C=O) groups excluding carboxylic acids is 1. The van der Waals surface area contributed by atoms with Gasteiger partial charge in [-0.05, 0) is 18.4 Å². The Labute approximate surface area is 158 Å². The zero-order valence-electron chi connectivity index (χ0n) is 15.5. The van der Waals surface area contributed by atoms with Gasteiger partial charge in [0.05, 0.1) is 6.04 Å². The molecule has 1 aromatic carbocycles. The van der Waals surface area contributed by atoms with Gasteiger partial charge in [0.2, 0.25) is 5.91 Å². The van der Waals surface area contributed by atoms with Crippen LogP contribution in [0.2, 0.25) is 0 Å². The maximum Gasteiger partial charge on any atom is 0.254 e. The topological polar surface area (TPSA) is 75.4 Å². The Morgan fingerprint density at radius 3 is 2.85 bits per heavy atom. The normalized spacial score (nSPS) is 15.4. The molecule has 2 aromatic heterocycles.